The molecular formula is C24H21N3O5. The van der Waals surface area contributed by atoms with Crippen molar-refractivity contribution in [2.75, 3.05) is 32.2 Å². The van der Waals surface area contributed by atoms with Crippen LogP contribution in [0.15, 0.2) is 67.0 Å². The molecular weight excluding hydrogens is 410 g/mol. The number of rotatable bonds is 6. The predicted octanol–water partition coefficient (Wildman–Crippen LogP) is 3.80. The number of amides is 1. The van der Waals surface area contributed by atoms with E-state index in [0.29, 0.717) is 30.4 Å². The molecule has 0 saturated carbocycles. The van der Waals surface area contributed by atoms with Crippen molar-refractivity contribution in [3.05, 3.63) is 67.0 Å². The number of hydrogen-bond donors (Lipinski definition) is 1. The summed E-state index contributed by atoms with van der Waals surface area (Å²) in [6.45, 7) is 0.976. The number of nitrogens with zero attached hydrogens (tertiary/aromatic N) is 2. The molecule has 0 unspecified atom stereocenters. The molecule has 2 aromatic heterocycles. The zero-order chi connectivity index (χ0) is 21.9. The molecule has 0 bridgehead atoms. The Kier molecular flexibility index (Phi) is 5.25. The second kappa shape index (κ2) is 8.50. The molecule has 2 aromatic carbocycles. The van der Waals surface area contributed by atoms with E-state index < -0.39 is 0 Å². The van der Waals surface area contributed by atoms with E-state index in [0.717, 1.165) is 28.4 Å². The fourth-order valence-corrected chi connectivity index (χ4v) is 3.44. The van der Waals surface area contributed by atoms with Gasteiger partial charge in [0.25, 0.3) is 5.91 Å². The van der Waals surface area contributed by atoms with Crippen LogP contribution in [-0.2, 0) is 4.79 Å². The fraction of sp³-hybridized carbons (Fsp3) is 0.167. The van der Waals surface area contributed by atoms with Gasteiger partial charge in [0.1, 0.15) is 30.4 Å². The van der Waals surface area contributed by atoms with Crippen molar-refractivity contribution < 1.29 is 23.7 Å². The van der Waals surface area contributed by atoms with Gasteiger partial charge < -0.3 is 28.7 Å². The maximum atomic E-state index is 12.3. The maximum Gasteiger partial charge on any atom is 0.262 e. The molecule has 3 heterocycles. The predicted molar refractivity (Wildman–Crippen MR) is 119 cm³/mol. The highest BCUT2D eigenvalue weighted by molar-refractivity contribution is 5.91. The Bertz CT molecular complexity index is 1280. The summed E-state index contributed by atoms with van der Waals surface area (Å²) in [4.78, 5) is 17.0. The Hall–Kier alpha value is -4.20. The van der Waals surface area contributed by atoms with Crippen molar-refractivity contribution in [2.45, 2.75) is 0 Å². The number of benzene rings is 2. The summed E-state index contributed by atoms with van der Waals surface area (Å²) in [5.74, 6) is 2.43. The molecule has 1 aliphatic rings. The van der Waals surface area contributed by atoms with Gasteiger partial charge >= 0.3 is 0 Å². The zero-order valence-corrected chi connectivity index (χ0v) is 17.4. The van der Waals surface area contributed by atoms with E-state index >= 15 is 0 Å². The Morgan fingerprint density at radius 2 is 1.88 bits per heavy atom. The first-order valence-electron chi connectivity index (χ1n) is 10.1. The number of methoxy groups -OCH3 is 1. The van der Waals surface area contributed by atoms with Crippen molar-refractivity contribution in [1.82, 2.24) is 9.38 Å². The molecule has 0 aliphatic carbocycles. The van der Waals surface area contributed by atoms with Crippen LogP contribution in [0.25, 0.3) is 16.9 Å². The van der Waals surface area contributed by atoms with Gasteiger partial charge in [-0.2, -0.15) is 0 Å². The Morgan fingerprint density at radius 3 is 2.75 bits per heavy atom. The van der Waals surface area contributed by atoms with Crippen LogP contribution >= 0.6 is 0 Å². The van der Waals surface area contributed by atoms with Gasteiger partial charge in [-0.25, -0.2) is 4.98 Å². The van der Waals surface area contributed by atoms with Crippen molar-refractivity contribution in [1.29, 1.82) is 0 Å². The van der Waals surface area contributed by atoms with Crippen molar-refractivity contribution in [2.24, 2.45) is 0 Å². The topological polar surface area (TPSA) is 83.3 Å². The average molecular weight is 431 g/mol. The van der Waals surface area contributed by atoms with E-state index in [4.69, 9.17) is 18.9 Å². The molecule has 0 atom stereocenters. The maximum absolute atomic E-state index is 12.3. The van der Waals surface area contributed by atoms with Gasteiger partial charge in [-0.3, -0.25) is 4.79 Å². The van der Waals surface area contributed by atoms with E-state index in [1.165, 1.54) is 0 Å². The molecule has 8 heteroatoms. The lowest BCUT2D eigenvalue weighted by Gasteiger charge is -2.18. The number of fused-ring (bicyclic) bond motifs is 2. The number of ether oxygens (including phenoxy) is 4. The third-order valence-corrected chi connectivity index (χ3v) is 4.98. The number of carbonyl (C=O) groups excluding carboxylic acids is 1. The summed E-state index contributed by atoms with van der Waals surface area (Å²) in [5, 5.41) is 2.84. The lowest BCUT2D eigenvalue weighted by atomic mass is 10.1. The van der Waals surface area contributed by atoms with E-state index in [-0.39, 0.29) is 12.5 Å². The van der Waals surface area contributed by atoms with Crippen LogP contribution < -0.4 is 24.3 Å². The van der Waals surface area contributed by atoms with Gasteiger partial charge in [0, 0.05) is 24.0 Å². The monoisotopic (exact) mass is 431 g/mol. The van der Waals surface area contributed by atoms with Crippen LogP contribution in [-0.4, -0.2) is 42.2 Å². The highest BCUT2D eigenvalue weighted by atomic mass is 16.6. The van der Waals surface area contributed by atoms with E-state index in [1.807, 2.05) is 47.1 Å². The van der Waals surface area contributed by atoms with Gasteiger partial charge in [-0.15, -0.1) is 0 Å². The Balaban J connectivity index is 1.28. The number of aromatic nitrogens is 2. The highest BCUT2D eigenvalue weighted by Gasteiger charge is 2.14. The van der Waals surface area contributed by atoms with Crippen LogP contribution in [0, 0.1) is 0 Å². The van der Waals surface area contributed by atoms with Gasteiger partial charge in [-0.05, 0) is 42.5 Å². The summed E-state index contributed by atoms with van der Waals surface area (Å²) < 4.78 is 23.8. The molecule has 5 rings (SSSR count). The number of anilines is 1. The van der Waals surface area contributed by atoms with Crippen LogP contribution in [0.3, 0.4) is 0 Å². The lowest BCUT2D eigenvalue weighted by Crippen LogP contribution is -2.20. The van der Waals surface area contributed by atoms with Gasteiger partial charge in [0.15, 0.2) is 18.1 Å². The minimum atomic E-state index is -0.264. The third-order valence-electron chi connectivity index (χ3n) is 4.98. The van der Waals surface area contributed by atoms with E-state index in [2.05, 4.69) is 10.3 Å². The summed E-state index contributed by atoms with van der Waals surface area (Å²) in [6, 6.07) is 16.5. The highest BCUT2D eigenvalue weighted by Crippen LogP contribution is 2.34. The number of hydrogen-bond acceptors (Lipinski definition) is 6. The molecule has 0 spiro atoms. The zero-order valence-electron chi connectivity index (χ0n) is 17.4. The first-order valence-corrected chi connectivity index (χ1v) is 10.1. The SMILES string of the molecule is COc1cccc(OCC(=O)Nc2ccc3nc(-c4ccc5c(c4)OCCO5)cn3c2)c1. The fourth-order valence-electron chi connectivity index (χ4n) is 3.44. The lowest BCUT2D eigenvalue weighted by molar-refractivity contribution is -0.118. The second-order valence-corrected chi connectivity index (χ2v) is 7.18. The molecule has 0 fully saturated rings. The molecule has 32 heavy (non-hydrogen) atoms. The van der Waals surface area contributed by atoms with E-state index in [9.17, 15) is 4.79 Å². The smallest absolute Gasteiger partial charge is 0.262 e. The minimum absolute atomic E-state index is 0.114. The number of carbonyl (C=O) groups is 1. The number of nitrogens with one attached hydrogen (secondary N) is 1. The molecule has 0 saturated heterocycles. The van der Waals surface area contributed by atoms with Crippen LogP contribution in [0.2, 0.25) is 0 Å². The third kappa shape index (κ3) is 4.15. The first kappa shape index (κ1) is 19.7. The molecule has 162 valence electrons. The standard InChI is InChI=1S/C24H21N3O5/c1-29-18-3-2-4-19(12-18)32-15-24(28)25-17-6-8-23-26-20(14-27(23)13-17)16-5-7-21-22(11-16)31-10-9-30-21/h2-8,11-14H,9-10,15H2,1H3,(H,25,28). The average Bonchev–Trinajstić information content (AvgIpc) is 3.26. The van der Waals surface area contributed by atoms with Gasteiger partial charge in [0.05, 0.1) is 18.5 Å². The second-order valence-electron chi connectivity index (χ2n) is 7.18. The first-order chi connectivity index (χ1) is 15.7. The van der Waals surface area contributed by atoms with Crippen molar-refractivity contribution in [3.63, 3.8) is 0 Å². The number of imidazole rings is 1. The minimum Gasteiger partial charge on any atom is -0.497 e. The normalized spacial score (nSPS) is 12.4. The largest absolute Gasteiger partial charge is 0.497 e. The van der Waals surface area contributed by atoms with Crippen LogP contribution in [0.1, 0.15) is 0 Å². The Morgan fingerprint density at radius 1 is 1.03 bits per heavy atom. The van der Waals surface area contributed by atoms with Gasteiger partial charge in [0.2, 0.25) is 0 Å². The molecule has 1 N–H and O–H groups in total. The molecule has 1 aliphatic heterocycles. The van der Waals surface area contributed by atoms with Crippen molar-refractivity contribution in [3.8, 4) is 34.3 Å². The molecule has 8 nitrogen and oxygen atoms in total. The Labute approximate surface area is 184 Å². The number of pyridine rings is 1. The van der Waals surface area contributed by atoms with E-state index in [1.54, 1.807) is 31.4 Å². The summed E-state index contributed by atoms with van der Waals surface area (Å²) in [7, 11) is 1.58. The van der Waals surface area contributed by atoms with Crippen LogP contribution in [0.5, 0.6) is 23.0 Å². The molecule has 4 aromatic rings. The quantitative estimate of drug-likeness (QED) is 0.500. The van der Waals surface area contributed by atoms with Gasteiger partial charge in [-0.1, -0.05) is 6.07 Å². The summed E-state index contributed by atoms with van der Waals surface area (Å²) in [6.07, 6.45) is 3.72. The molecule has 1 amide bonds. The van der Waals surface area contributed by atoms with Crippen LogP contribution in [0.4, 0.5) is 5.69 Å². The van der Waals surface area contributed by atoms with Crippen molar-refractivity contribution >= 4 is 17.2 Å². The summed E-state index contributed by atoms with van der Waals surface area (Å²) >= 11 is 0. The summed E-state index contributed by atoms with van der Waals surface area (Å²) in [5.41, 5.74) is 3.13. The molecule has 0 radical (unpaired) electrons.